The third-order valence-corrected chi connectivity index (χ3v) is 3.63. The number of allylic oxidation sites excluding steroid dienone is 1. The average Bonchev–Trinajstić information content (AvgIpc) is 2.67. The van der Waals surface area contributed by atoms with Gasteiger partial charge in [0.1, 0.15) is 5.75 Å². The summed E-state index contributed by atoms with van der Waals surface area (Å²) in [5.41, 5.74) is 2.51. The Morgan fingerprint density at radius 2 is 2.31 bits per heavy atom. The zero-order valence-corrected chi connectivity index (χ0v) is 10.8. The number of hydrogen-bond acceptors (Lipinski definition) is 2. The monoisotopic (exact) mass is 282 g/mol. The minimum absolute atomic E-state index is 0.251. The summed E-state index contributed by atoms with van der Waals surface area (Å²) >= 11 is 3.54. The van der Waals surface area contributed by atoms with Gasteiger partial charge >= 0.3 is 0 Å². The molecule has 1 N–H and O–H groups in total. The first-order valence-electron chi connectivity index (χ1n) is 5.39. The molecule has 0 aromatic heterocycles. The molecule has 0 radical (unpaired) electrons. The summed E-state index contributed by atoms with van der Waals surface area (Å²) < 4.78 is 6.30. The summed E-state index contributed by atoms with van der Waals surface area (Å²) in [5.74, 6) is 0.873. The molecule has 1 aromatic rings. The lowest BCUT2D eigenvalue weighted by molar-refractivity contribution is 0.223. The van der Waals surface area contributed by atoms with Gasteiger partial charge in [0.05, 0.1) is 13.2 Å². The SMILES string of the molecule is COc1ccc(Br)c(CC2=CC(O)CC2)c1. The molecule has 1 aliphatic carbocycles. The van der Waals surface area contributed by atoms with Crippen molar-refractivity contribution in [2.75, 3.05) is 7.11 Å². The maximum atomic E-state index is 9.43. The second-order valence-corrected chi connectivity index (χ2v) is 4.92. The van der Waals surface area contributed by atoms with Gasteiger partial charge in [-0.05, 0) is 43.0 Å². The minimum Gasteiger partial charge on any atom is -0.497 e. The summed E-state index contributed by atoms with van der Waals surface area (Å²) in [6.07, 6.45) is 4.45. The van der Waals surface area contributed by atoms with Crippen molar-refractivity contribution in [2.24, 2.45) is 0 Å². The number of rotatable bonds is 3. The molecule has 3 heteroatoms. The Morgan fingerprint density at radius 3 is 2.94 bits per heavy atom. The summed E-state index contributed by atoms with van der Waals surface area (Å²) in [6.45, 7) is 0. The number of hydrogen-bond donors (Lipinski definition) is 1. The van der Waals surface area contributed by atoms with E-state index in [2.05, 4.69) is 15.9 Å². The first kappa shape index (κ1) is 11.7. The van der Waals surface area contributed by atoms with Gasteiger partial charge in [0.25, 0.3) is 0 Å². The lowest BCUT2D eigenvalue weighted by Crippen LogP contribution is -1.93. The van der Waals surface area contributed by atoms with Crippen molar-refractivity contribution < 1.29 is 9.84 Å². The normalized spacial score (nSPS) is 19.7. The standard InChI is InChI=1S/C13H15BrO2/c1-16-12-4-5-13(14)10(8-12)6-9-2-3-11(15)7-9/h4-5,7-8,11,15H,2-3,6H2,1H3. The van der Waals surface area contributed by atoms with E-state index in [4.69, 9.17) is 4.74 Å². The maximum Gasteiger partial charge on any atom is 0.119 e. The van der Waals surface area contributed by atoms with E-state index in [1.807, 2.05) is 24.3 Å². The molecule has 0 spiro atoms. The summed E-state index contributed by atoms with van der Waals surface area (Å²) in [6, 6.07) is 5.97. The first-order chi connectivity index (χ1) is 7.69. The Bertz CT molecular complexity index is 412. The van der Waals surface area contributed by atoms with Gasteiger partial charge in [0.15, 0.2) is 0 Å². The van der Waals surface area contributed by atoms with Crippen molar-refractivity contribution in [3.63, 3.8) is 0 Å². The molecule has 0 amide bonds. The molecule has 0 fully saturated rings. The summed E-state index contributed by atoms with van der Waals surface area (Å²) in [7, 11) is 1.67. The van der Waals surface area contributed by atoms with Crippen LogP contribution in [0.25, 0.3) is 0 Å². The van der Waals surface area contributed by atoms with Crippen LogP contribution in [0.5, 0.6) is 5.75 Å². The predicted octanol–water partition coefficient (Wildman–Crippen LogP) is 3.08. The van der Waals surface area contributed by atoms with E-state index in [0.29, 0.717) is 0 Å². The number of aliphatic hydroxyl groups is 1. The predicted molar refractivity (Wildman–Crippen MR) is 67.7 cm³/mol. The van der Waals surface area contributed by atoms with E-state index >= 15 is 0 Å². The fourth-order valence-corrected chi connectivity index (χ4v) is 2.36. The Labute approximate surface area is 104 Å². The van der Waals surface area contributed by atoms with Gasteiger partial charge in [-0.25, -0.2) is 0 Å². The van der Waals surface area contributed by atoms with Crippen molar-refractivity contribution in [2.45, 2.75) is 25.4 Å². The molecule has 16 heavy (non-hydrogen) atoms. The second kappa shape index (κ2) is 5.02. The molecule has 2 rings (SSSR count). The fraction of sp³-hybridized carbons (Fsp3) is 0.385. The highest BCUT2D eigenvalue weighted by Crippen LogP contribution is 2.28. The van der Waals surface area contributed by atoms with Crippen LogP contribution in [0.1, 0.15) is 18.4 Å². The lowest BCUT2D eigenvalue weighted by Gasteiger charge is -2.07. The van der Waals surface area contributed by atoms with Gasteiger partial charge in [-0.15, -0.1) is 0 Å². The molecular formula is C13H15BrO2. The lowest BCUT2D eigenvalue weighted by atomic mass is 10.0. The van der Waals surface area contributed by atoms with Gasteiger partial charge in [0, 0.05) is 4.47 Å². The molecule has 0 saturated carbocycles. The second-order valence-electron chi connectivity index (χ2n) is 4.07. The highest BCUT2D eigenvalue weighted by molar-refractivity contribution is 9.10. The van der Waals surface area contributed by atoms with E-state index in [1.54, 1.807) is 7.11 Å². The molecule has 0 heterocycles. The smallest absolute Gasteiger partial charge is 0.119 e. The summed E-state index contributed by atoms with van der Waals surface area (Å²) in [4.78, 5) is 0. The molecule has 0 saturated heterocycles. The Balaban J connectivity index is 2.17. The Morgan fingerprint density at radius 1 is 1.50 bits per heavy atom. The van der Waals surface area contributed by atoms with Crippen LogP contribution in [0.4, 0.5) is 0 Å². The zero-order chi connectivity index (χ0) is 11.5. The van der Waals surface area contributed by atoms with Crippen LogP contribution in [0.3, 0.4) is 0 Å². The molecular weight excluding hydrogens is 268 g/mol. The first-order valence-corrected chi connectivity index (χ1v) is 6.18. The highest BCUT2D eigenvalue weighted by atomic mass is 79.9. The van der Waals surface area contributed by atoms with Crippen LogP contribution < -0.4 is 4.74 Å². The minimum atomic E-state index is -0.251. The van der Waals surface area contributed by atoms with Crippen molar-refractivity contribution in [3.05, 3.63) is 39.9 Å². The topological polar surface area (TPSA) is 29.5 Å². The summed E-state index contributed by atoms with van der Waals surface area (Å²) in [5, 5.41) is 9.43. The molecule has 1 aromatic carbocycles. The quantitative estimate of drug-likeness (QED) is 0.864. The number of methoxy groups -OCH3 is 1. The molecule has 0 bridgehead atoms. The Kier molecular flexibility index (Phi) is 3.66. The van der Waals surface area contributed by atoms with Crippen LogP contribution >= 0.6 is 15.9 Å². The van der Waals surface area contributed by atoms with Crippen molar-refractivity contribution >= 4 is 15.9 Å². The molecule has 1 atom stereocenters. The van der Waals surface area contributed by atoms with E-state index in [9.17, 15) is 5.11 Å². The highest BCUT2D eigenvalue weighted by Gasteiger charge is 2.14. The third kappa shape index (κ3) is 2.66. The zero-order valence-electron chi connectivity index (χ0n) is 9.24. The number of aliphatic hydroxyl groups excluding tert-OH is 1. The van der Waals surface area contributed by atoms with Gasteiger partial charge in [-0.1, -0.05) is 27.6 Å². The largest absolute Gasteiger partial charge is 0.497 e. The molecule has 1 aliphatic rings. The van der Waals surface area contributed by atoms with Crippen molar-refractivity contribution in [3.8, 4) is 5.75 Å². The van der Waals surface area contributed by atoms with Crippen LogP contribution in [0.2, 0.25) is 0 Å². The fourth-order valence-electron chi connectivity index (χ4n) is 1.98. The van der Waals surface area contributed by atoms with Gasteiger partial charge in [0.2, 0.25) is 0 Å². The van der Waals surface area contributed by atoms with Crippen molar-refractivity contribution in [1.29, 1.82) is 0 Å². The number of benzene rings is 1. The van der Waals surface area contributed by atoms with Crippen LogP contribution in [0, 0.1) is 0 Å². The van der Waals surface area contributed by atoms with E-state index in [0.717, 1.165) is 29.5 Å². The molecule has 86 valence electrons. The van der Waals surface area contributed by atoms with Gasteiger partial charge in [-0.2, -0.15) is 0 Å². The Hall–Kier alpha value is -0.800. The van der Waals surface area contributed by atoms with Gasteiger partial charge < -0.3 is 9.84 Å². The maximum absolute atomic E-state index is 9.43. The van der Waals surface area contributed by atoms with Gasteiger partial charge in [-0.3, -0.25) is 0 Å². The van der Waals surface area contributed by atoms with E-state index in [1.165, 1.54) is 11.1 Å². The van der Waals surface area contributed by atoms with Crippen LogP contribution in [0.15, 0.2) is 34.3 Å². The molecule has 1 unspecified atom stereocenters. The number of halogens is 1. The van der Waals surface area contributed by atoms with Crippen LogP contribution in [-0.4, -0.2) is 18.3 Å². The van der Waals surface area contributed by atoms with E-state index < -0.39 is 0 Å². The number of ether oxygens (including phenoxy) is 1. The molecule has 0 aliphatic heterocycles. The van der Waals surface area contributed by atoms with E-state index in [-0.39, 0.29) is 6.10 Å². The average molecular weight is 283 g/mol. The molecule has 2 nitrogen and oxygen atoms in total. The van der Waals surface area contributed by atoms with Crippen LogP contribution in [-0.2, 0) is 6.42 Å². The van der Waals surface area contributed by atoms with Crippen molar-refractivity contribution in [1.82, 2.24) is 0 Å². The third-order valence-electron chi connectivity index (χ3n) is 2.86.